The van der Waals surface area contributed by atoms with E-state index < -0.39 is 23.3 Å². The Morgan fingerprint density at radius 3 is 2.44 bits per heavy atom. The maximum atomic E-state index is 13.0. The number of ether oxygens (including phenoxy) is 1. The number of Topliss-reactive ketones (excluding diaryl/α,β-unsaturated/α-hetero) is 1. The Bertz CT molecular complexity index is 997. The highest BCUT2D eigenvalue weighted by atomic mass is 16.5. The SMILES string of the molecule is Cc1ccc(C(C)C)c(OC(C)C(=O)c2c(C)c(C#N)c(=O)n(C)c2O)c1. The van der Waals surface area contributed by atoms with Crippen LogP contribution in [0.5, 0.6) is 11.6 Å². The smallest absolute Gasteiger partial charge is 0.271 e. The summed E-state index contributed by atoms with van der Waals surface area (Å²) in [6.45, 7) is 9.07. The Morgan fingerprint density at radius 1 is 1.26 bits per heavy atom. The van der Waals surface area contributed by atoms with Gasteiger partial charge in [0.2, 0.25) is 11.7 Å². The molecule has 2 rings (SSSR count). The molecule has 0 spiro atoms. The van der Waals surface area contributed by atoms with Crippen molar-refractivity contribution in [3.05, 3.63) is 56.4 Å². The van der Waals surface area contributed by atoms with E-state index in [0.717, 1.165) is 15.7 Å². The zero-order valence-corrected chi connectivity index (χ0v) is 16.5. The normalized spacial score (nSPS) is 11.9. The van der Waals surface area contributed by atoms with Gasteiger partial charge in [-0.2, -0.15) is 5.26 Å². The Balaban J connectivity index is 2.49. The van der Waals surface area contributed by atoms with Gasteiger partial charge in [-0.15, -0.1) is 0 Å². The van der Waals surface area contributed by atoms with E-state index in [1.807, 2.05) is 45.0 Å². The van der Waals surface area contributed by atoms with Gasteiger partial charge in [-0.05, 0) is 49.4 Å². The molecule has 0 bridgehead atoms. The highest BCUT2D eigenvalue weighted by Gasteiger charge is 2.27. The number of aromatic nitrogens is 1. The molecular formula is C21H24N2O4. The zero-order chi connectivity index (χ0) is 20.5. The minimum atomic E-state index is -0.905. The number of hydrogen-bond donors (Lipinski definition) is 1. The van der Waals surface area contributed by atoms with Gasteiger partial charge in [-0.3, -0.25) is 14.2 Å². The monoisotopic (exact) mass is 368 g/mol. The molecular weight excluding hydrogens is 344 g/mol. The molecule has 1 aromatic carbocycles. The molecule has 6 heteroatoms. The highest BCUT2D eigenvalue weighted by Crippen LogP contribution is 2.30. The third kappa shape index (κ3) is 3.72. The number of carbonyl (C=O) groups is 1. The summed E-state index contributed by atoms with van der Waals surface area (Å²) < 4.78 is 6.83. The number of nitriles is 1. The van der Waals surface area contributed by atoms with Gasteiger partial charge in [0, 0.05) is 7.05 Å². The van der Waals surface area contributed by atoms with Crippen molar-refractivity contribution < 1.29 is 14.6 Å². The van der Waals surface area contributed by atoms with E-state index in [1.54, 1.807) is 6.92 Å². The molecule has 1 N–H and O–H groups in total. The lowest BCUT2D eigenvalue weighted by atomic mass is 9.98. The summed E-state index contributed by atoms with van der Waals surface area (Å²) in [5, 5.41) is 19.6. The molecule has 1 unspecified atom stereocenters. The van der Waals surface area contributed by atoms with Crippen LogP contribution >= 0.6 is 0 Å². The number of pyridine rings is 1. The van der Waals surface area contributed by atoms with Gasteiger partial charge >= 0.3 is 0 Å². The molecule has 0 saturated heterocycles. The van der Waals surface area contributed by atoms with Crippen molar-refractivity contribution in [1.82, 2.24) is 4.57 Å². The minimum Gasteiger partial charge on any atom is -0.494 e. The second-order valence-corrected chi connectivity index (χ2v) is 6.99. The van der Waals surface area contributed by atoms with Gasteiger partial charge in [0.1, 0.15) is 17.4 Å². The van der Waals surface area contributed by atoms with Crippen molar-refractivity contribution in [3.63, 3.8) is 0 Å². The molecule has 1 atom stereocenters. The van der Waals surface area contributed by atoms with Crippen LogP contribution in [0.1, 0.15) is 59.3 Å². The largest absolute Gasteiger partial charge is 0.494 e. The van der Waals surface area contributed by atoms with Gasteiger partial charge in [0.25, 0.3) is 5.56 Å². The Labute approximate surface area is 158 Å². The topological polar surface area (TPSA) is 92.3 Å². The van der Waals surface area contributed by atoms with Crippen LogP contribution in [0.3, 0.4) is 0 Å². The summed E-state index contributed by atoms with van der Waals surface area (Å²) >= 11 is 0. The average molecular weight is 368 g/mol. The standard InChI is InChI=1S/C21H24N2O4/c1-11(2)15-8-7-12(3)9-17(15)27-14(5)19(24)18-13(4)16(10-22)20(25)23(6)21(18)26/h7-9,11,14,26H,1-6H3. The van der Waals surface area contributed by atoms with E-state index in [1.165, 1.54) is 14.0 Å². The van der Waals surface area contributed by atoms with Gasteiger partial charge in [0.05, 0.1) is 5.56 Å². The van der Waals surface area contributed by atoms with Crippen molar-refractivity contribution in [1.29, 1.82) is 5.26 Å². The molecule has 2 aromatic rings. The van der Waals surface area contributed by atoms with E-state index in [2.05, 4.69) is 0 Å². The van der Waals surface area contributed by atoms with E-state index in [9.17, 15) is 20.0 Å². The first kappa shape index (κ1) is 20.2. The molecule has 0 aliphatic rings. The summed E-state index contributed by atoms with van der Waals surface area (Å²) in [6.07, 6.45) is -0.905. The van der Waals surface area contributed by atoms with Crippen molar-refractivity contribution in [3.8, 4) is 17.7 Å². The van der Waals surface area contributed by atoms with Crippen molar-refractivity contribution in [2.45, 2.75) is 46.6 Å². The summed E-state index contributed by atoms with van der Waals surface area (Å²) in [7, 11) is 1.32. The maximum Gasteiger partial charge on any atom is 0.271 e. The van der Waals surface area contributed by atoms with E-state index in [-0.39, 0.29) is 22.6 Å². The lowest BCUT2D eigenvalue weighted by Crippen LogP contribution is -2.30. The molecule has 142 valence electrons. The van der Waals surface area contributed by atoms with E-state index in [0.29, 0.717) is 5.75 Å². The predicted molar refractivity (Wildman–Crippen MR) is 102 cm³/mol. The third-order valence-electron chi connectivity index (χ3n) is 4.63. The lowest BCUT2D eigenvalue weighted by Gasteiger charge is -2.20. The highest BCUT2D eigenvalue weighted by molar-refractivity contribution is 6.03. The number of carbonyl (C=O) groups excluding carboxylic acids is 1. The summed E-state index contributed by atoms with van der Waals surface area (Å²) in [4.78, 5) is 25.1. The molecule has 0 aliphatic carbocycles. The molecule has 27 heavy (non-hydrogen) atoms. The first-order valence-corrected chi connectivity index (χ1v) is 8.74. The number of aryl methyl sites for hydroxylation is 1. The van der Waals surface area contributed by atoms with Gasteiger partial charge in [-0.1, -0.05) is 26.0 Å². The fourth-order valence-corrected chi connectivity index (χ4v) is 2.98. The number of ketones is 1. The Morgan fingerprint density at radius 2 is 1.89 bits per heavy atom. The van der Waals surface area contributed by atoms with Crippen LogP contribution in [0.25, 0.3) is 0 Å². The predicted octanol–water partition coefficient (Wildman–Crippen LogP) is 3.35. The molecule has 1 heterocycles. The number of hydrogen-bond acceptors (Lipinski definition) is 5. The van der Waals surface area contributed by atoms with Gasteiger partial charge in [-0.25, -0.2) is 0 Å². The number of rotatable bonds is 5. The maximum absolute atomic E-state index is 13.0. The summed E-state index contributed by atoms with van der Waals surface area (Å²) in [5.74, 6) is -0.146. The number of benzene rings is 1. The summed E-state index contributed by atoms with van der Waals surface area (Å²) in [5.41, 5.74) is 1.26. The first-order chi connectivity index (χ1) is 12.6. The molecule has 1 aromatic heterocycles. The summed E-state index contributed by atoms with van der Waals surface area (Å²) in [6, 6.07) is 7.63. The van der Waals surface area contributed by atoms with Gasteiger partial charge < -0.3 is 9.84 Å². The molecule has 0 fully saturated rings. The first-order valence-electron chi connectivity index (χ1n) is 8.74. The van der Waals surface area contributed by atoms with E-state index >= 15 is 0 Å². The van der Waals surface area contributed by atoms with Gasteiger partial charge in [0.15, 0.2) is 6.10 Å². The molecule has 6 nitrogen and oxygen atoms in total. The van der Waals surface area contributed by atoms with Crippen LogP contribution in [-0.2, 0) is 7.05 Å². The van der Waals surface area contributed by atoms with E-state index in [4.69, 9.17) is 4.74 Å². The second kappa shape index (κ2) is 7.67. The third-order valence-corrected chi connectivity index (χ3v) is 4.63. The Kier molecular flexibility index (Phi) is 5.75. The van der Waals surface area contributed by atoms with Crippen LogP contribution in [0.4, 0.5) is 0 Å². The fraction of sp³-hybridized carbons (Fsp3) is 0.381. The molecule has 0 saturated carbocycles. The quantitative estimate of drug-likeness (QED) is 0.817. The van der Waals surface area contributed by atoms with Crippen LogP contribution in [0.2, 0.25) is 0 Å². The second-order valence-electron chi connectivity index (χ2n) is 6.99. The lowest BCUT2D eigenvalue weighted by molar-refractivity contribution is 0.0811. The molecule has 0 radical (unpaired) electrons. The number of nitrogens with zero attached hydrogens (tertiary/aromatic N) is 2. The van der Waals surface area contributed by atoms with Crippen molar-refractivity contribution in [2.75, 3.05) is 0 Å². The van der Waals surface area contributed by atoms with Crippen LogP contribution in [0, 0.1) is 25.2 Å². The molecule has 0 amide bonds. The van der Waals surface area contributed by atoms with Crippen LogP contribution in [0.15, 0.2) is 23.0 Å². The Hall–Kier alpha value is -3.07. The van der Waals surface area contributed by atoms with Crippen molar-refractivity contribution >= 4 is 5.78 Å². The average Bonchev–Trinajstić information content (AvgIpc) is 2.60. The van der Waals surface area contributed by atoms with Crippen LogP contribution < -0.4 is 10.3 Å². The van der Waals surface area contributed by atoms with Crippen molar-refractivity contribution in [2.24, 2.45) is 7.05 Å². The van der Waals surface area contributed by atoms with Crippen LogP contribution in [-0.4, -0.2) is 21.6 Å². The molecule has 0 aliphatic heterocycles. The number of aromatic hydroxyl groups is 1. The minimum absolute atomic E-state index is 0.0695. The zero-order valence-electron chi connectivity index (χ0n) is 16.5. The fourth-order valence-electron chi connectivity index (χ4n) is 2.98.